The third kappa shape index (κ3) is 3.34. The minimum absolute atomic E-state index is 0.0618. The summed E-state index contributed by atoms with van der Waals surface area (Å²) >= 11 is 5.76. The molecule has 0 aliphatic rings. The van der Waals surface area contributed by atoms with Gasteiger partial charge in [-0.3, -0.25) is 10.1 Å². The van der Waals surface area contributed by atoms with Gasteiger partial charge >= 0.3 is 0 Å². The van der Waals surface area contributed by atoms with Crippen LogP contribution in [0.2, 0.25) is 5.02 Å². The van der Waals surface area contributed by atoms with Crippen molar-refractivity contribution in [2.24, 2.45) is 0 Å². The molecule has 0 unspecified atom stereocenters. The molecule has 0 aromatic heterocycles. The molecule has 0 atom stereocenters. The second-order valence-corrected chi connectivity index (χ2v) is 3.36. The summed E-state index contributed by atoms with van der Waals surface area (Å²) in [6.45, 7) is 0.656. The summed E-state index contributed by atoms with van der Waals surface area (Å²) in [5, 5.41) is 14.1. The zero-order valence-corrected chi connectivity index (χ0v) is 8.99. The van der Waals surface area contributed by atoms with Gasteiger partial charge in [-0.2, -0.15) is 0 Å². The number of nitrogens with one attached hydrogen (secondary N) is 1. The van der Waals surface area contributed by atoms with Crippen LogP contribution in [0, 0.1) is 10.1 Å². The topological polar surface area (TPSA) is 55.2 Å². The summed E-state index contributed by atoms with van der Waals surface area (Å²) in [7, 11) is 1.80. The molecule has 4 nitrogen and oxygen atoms in total. The van der Waals surface area contributed by atoms with Crippen molar-refractivity contribution in [2.45, 2.75) is 0 Å². The Morgan fingerprint density at radius 1 is 1.60 bits per heavy atom. The Bertz CT molecular complexity index is 391. The molecule has 0 heterocycles. The highest BCUT2D eigenvalue weighted by Crippen LogP contribution is 2.23. The molecule has 1 aromatic carbocycles. The largest absolute Gasteiger partial charge is 0.316 e. The maximum atomic E-state index is 10.7. The minimum atomic E-state index is -0.421. The molecule has 0 radical (unpaired) electrons. The molecule has 1 aromatic rings. The molecule has 0 aliphatic heterocycles. The van der Waals surface area contributed by atoms with Crippen molar-refractivity contribution >= 4 is 23.4 Å². The summed E-state index contributed by atoms with van der Waals surface area (Å²) in [6, 6.07) is 4.49. The van der Waals surface area contributed by atoms with Crippen molar-refractivity contribution in [3.63, 3.8) is 0 Å². The van der Waals surface area contributed by atoms with Crippen LogP contribution >= 0.6 is 11.6 Å². The lowest BCUT2D eigenvalue weighted by molar-refractivity contribution is -0.385. The Morgan fingerprint density at radius 2 is 2.33 bits per heavy atom. The van der Waals surface area contributed by atoms with Gasteiger partial charge in [0.05, 0.1) is 10.5 Å². The molecule has 0 saturated carbocycles. The van der Waals surface area contributed by atoms with Gasteiger partial charge in [-0.15, -0.1) is 0 Å². The van der Waals surface area contributed by atoms with Crippen LogP contribution in [0.4, 0.5) is 5.69 Å². The van der Waals surface area contributed by atoms with Gasteiger partial charge in [-0.1, -0.05) is 23.8 Å². The molecule has 80 valence electrons. The van der Waals surface area contributed by atoms with Gasteiger partial charge in [-0.05, 0) is 19.2 Å². The Kier molecular flexibility index (Phi) is 4.27. The quantitative estimate of drug-likeness (QED) is 0.634. The van der Waals surface area contributed by atoms with E-state index in [0.29, 0.717) is 17.1 Å². The van der Waals surface area contributed by atoms with Gasteiger partial charge < -0.3 is 5.32 Å². The van der Waals surface area contributed by atoms with Gasteiger partial charge in [0.15, 0.2) is 0 Å². The number of hydrogen-bond donors (Lipinski definition) is 1. The highest BCUT2D eigenvalue weighted by Gasteiger charge is 2.10. The van der Waals surface area contributed by atoms with Crippen LogP contribution in [0.1, 0.15) is 5.56 Å². The third-order valence-electron chi connectivity index (χ3n) is 1.81. The maximum Gasteiger partial charge on any atom is 0.276 e. The zero-order valence-electron chi connectivity index (χ0n) is 8.24. The lowest BCUT2D eigenvalue weighted by Crippen LogP contribution is -2.03. The molecule has 1 N–H and O–H groups in total. The van der Waals surface area contributed by atoms with E-state index >= 15 is 0 Å². The summed E-state index contributed by atoms with van der Waals surface area (Å²) in [5.74, 6) is 0. The van der Waals surface area contributed by atoms with E-state index in [9.17, 15) is 10.1 Å². The number of nitro benzene ring substituents is 1. The zero-order chi connectivity index (χ0) is 11.3. The van der Waals surface area contributed by atoms with Gasteiger partial charge in [0.25, 0.3) is 5.69 Å². The summed E-state index contributed by atoms with van der Waals surface area (Å²) in [4.78, 5) is 10.3. The van der Waals surface area contributed by atoms with Crippen molar-refractivity contribution in [3.05, 3.63) is 45.0 Å². The number of nitro groups is 1. The van der Waals surface area contributed by atoms with E-state index < -0.39 is 4.92 Å². The first-order valence-electron chi connectivity index (χ1n) is 4.40. The SMILES string of the molecule is CNC/C=C/c1cc(Cl)ccc1[N+](=O)[O-]. The maximum absolute atomic E-state index is 10.7. The Labute approximate surface area is 92.7 Å². The van der Waals surface area contributed by atoms with E-state index in [1.54, 1.807) is 25.3 Å². The van der Waals surface area contributed by atoms with Crippen LogP contribution in [0.25, 0.3) is 6.08 Å². The van der Waals surface area contributed by atoms with Gasteiger partial charge in [-0.25, -0.2) is 0 Å². The van der Waals surface area contributed by atoms with Crippen LogP contribution in [0.15, 0.2) is 24.3 Å². The summed E-state index contributed by atoms with van der Waals surface area (Å²) in [5.41, 5.74) is 0.578. The highest BCUT2D eigenvalue weighted by atomic mass is 35.5. The smallest absolute Gasteiger partial charge is 0.276 e. The van der Waals surface area contributed by atoms with Crippen molar-refractivity contribution in [2.75, 3.05) is 13.6 Å². The monoisotopic (exact) mass is 226 g/mol. The first-order chi connectivity index (χ1) is 7.15. The van der Waals surface area contributed by atoms with Crippen molar-refractivity contribution in [1.29, 1.82) is 0 Å². The van der Waals surface area contributed by atoms with E-state index in [4.69, 9.17) is 11.6 Å². The van der Waals surface area contributed by atoms with E-state index in [1.807, 2.05) is 0 Å². The fourth-order valence-electron chi connectivity index (χ4n) is 1.13. The van der Waals surface area contributed by atoms with Crippen LogP contribution in [-0.2, 0) is 0 Å². The Balaban J connectivity index is 3.02. The highest BCUT2D eigenvalue weighted by molar-refractivity contribution is 6.30. The second-order valence-electron chi connectivity index (χ2n) is 2.92. The lowest BCUT2D eigenvalue weighted by atomic mass is 10.1. The van der Waals surface area contributed by atoms with Gasteiger partial charge in [0, 0.05) is 17.6 Å². The standard InChI is InChI=1S/C10H11ClN2O2/c1-12-6-2-3-8-7-9(11)4-5-10(8)13(14)15/h2-5,7,12H,6H2,1H3/b3-2+. The fourth-order valence-corrected chi connectivity index (χ4v) is 1.31. The molecule has 0 fully saturated rings. The number of likely N-dealkylation sites (N-methyl/N-ethyl adjacent to an activating group) is 1. The molecule has 0 saturated heterocycles. The Morgan fingerprint density at radius 3 is 2.93 bits per heavy atom. The number of nitrogens with zero attached hydrogens (tertiary/aromatic N) is 1. The molecule has 5 heteroatoms. The van der Waals surface area contributed by atoms with Crippen LogP contribution in [-0.4, -0.2) is 18.5 Å². The molecular weight excluding hydrogens is 216 g/mol. The minimum Gasteiger partial charge on any atom is -0.316 e. The number of hydrogen-bond acceptors (Lipinski definition) is 3. The van der Waals surface area contributed by atoms with E-state index in [0.717, 1.165) is 0 Å². The first-order valence-corrected chi connectivity index (χ1v) is 4.78. The van der Waals surface area contributed by atoms with E-state index in [2.05, 4.69) is 5.32 Å². The fraction of sp³-hybridized carbons (Fsp3) is 0.200. The van der Waals surface area contributed by atoms with Crippen molar-refractivity contribution in [3.8, 4) is 0 Å². The van der Waals surface area contributed by atoms with Gasteiger partial charge in [0.1, 0.15) is 0 Å². The van der Waals surface area contributed by atoms with Crippen LogP contribution in [0.3, 0.4) is 0 Å². The molecule has 0 spiro atoms. The molecule has 0 aliphatic carbocycles. The Hall–Kier alpha value is -1.39. The normalized spacial score (nSPS) is 10.8. The van der Waals surface area contributed by atoms with E-state index in [-0.39, 0.29) is 5.69 Å². The summed E-state index contributed by atoms with van der Waals surface area (Å²) < 4.78 is 0. The molecule has 0 amide bonds. The van der Waals surface area contributed by atoms with Crippen LogP contribution in [0.5, 0.6) is 0 Å². The van der Waals surface area contributed by atoms with Crippen LogP contribution < -0.4 is 5.32 Å². The first kappa shape index (κ1) is 11.7. The average Bonchev–Trinajstić information content (AvgIpc) is 2.18. The second kappa shape index (κ2) is 5.48. The number of halogens is 1. The number of benzene rings is 1. The van der Waals surface area contributed by atoms with Crippen molar-refractivity contribution < 1.29 is 4.92 Å². The predicted octanol–water partition coefficient (Wildman–Crippen LogP) is 2.48. The number of rotatable bonds is 4. The molecule has 15 heavy (non-hydrogen) atoms. The van der Waals surface area contributed by atoms with E-state index in [1.165, 1.54) is 12.1 Å². The predicted molar refractivity (Wildman–Crippen MR) is 61.1 cm³/mol. The molecular formula is C10H11ClN2O2. The summed E-state index contributed by atoms with van der Waals surface area (Å²) in [6.07, 6.45) is 3.49. The molecule has 1 rings (SSSR count). The molecule has 0 bridgehead atoms. The van der Waals surface area contributed by atoms with Gasteiger partial charge in [0.2, 0.25) is 0 Å². The lowest BCUT2D eigenvalue weighted by Gasteiger charge is -1.98. The van der Waals surface area contributed by atoms with Crippen molar-refractivity contribution in [1.82, 2.24) is 5.32 Å². The average molecular weight is 227 g/mol. The third-order valence-corrected chi connectivity index (χ3v) is 2.04.